The van der Waals surface area contributed by atoms with Crippen LogP contribution in [0.25, 0.3) is 5.57 Å². The Balaban J connectivity index is 2.52. The van der Waals surface area contributed by atoms with Crippen LogP contribution in [0.3, 0.4) is 0 Å². The van der Waals surface area contributed by atoms with Gasteiger partial charge in [-0.1, -0.05) is 19.1 Å². The highest BCUT2D eigenvalue weighted by Gasteiger charge is 2.29. The Bertz CT molecular complexity index is 549. The standard InChI is InChI=1S/C11H12FNO2S/c1-2-13-6-8-7-16(14,15)11-9(8)4-3-5-10(11)12/h3-5,7,13H,2,6H2,1H3. The van der Waals surface area contributed by atoms with E-state index < -0.39 is 15.7 Å². The minimum absolute atomic E-state index is 0.192. The zero-order valence-corrected chi connectivity index (χ0v) is 9.64. The Morgan fingerprint density at radius 1 is 1.38 bits per heavy atom. The first-order valence-electron chi connectivity index (χ1n) is 5.01. The number of sulfone groups is 1. The number of rotatable bonds is 3. The average Bonchev–Trinajstić information content (AvgIpc) is 2.49. The summed E-state index contributed by atoms with van der Waals surface area (Å²) in [7, 11) is -3.59. The average molecular weight is 241 g/mol. The molecule has 2 rings (SSSR count). The molecule has 0 saturated carbocycles. The van der Waals surface area contributed by atoms with E-state index in [2.05, 4.69) is 5.32 Å². The highest BCUT2D eigenvalue weighted by Crippen LogP contribution is 2.34. The van der Waals surface area contributed by atoms with E-state index >= 15 is 0 Å². The van der Waals surface area contributed by atoms with Gasteiger partial charge in [-0.15, -0.1) is 0 Å². The number of benzene rings is 1. The maximum atomic E-state index is 13.4. The van der Waals surface area contributed by atoms with Crippen LogP contribution >= 0.6 is 0 Å². The quantitative estimate of drug-likeness (QED) is 0.873. The minimum atomic E-state index is -3.59. The maximum absolute atomic E-state index is 13.4. The van der Waals surface area contributed by atoms with Gasteiger partial charge in [0.15, 0.2) is 0 Å². The Morgan fingerprint density at radius 2 is 2.12 bits per heavy atom. The third-order valence-corrected chi connectivity index (χ3v) is 4.04. The molecule has 1 aliphatic heterocycles. The Kier molecular flexibility index (Phi) is 2.82. The predicted octanol–water partition coefficient (Wildman–Crippen LogP) is 1.56. The molecule has 0 bridgehead atoms. The fourth-order valence-electron chi connectivity index (χ4n) is 1.76. The van der Waals surface area contributed by atoms with Crippen molar-refractivity contribution in [1.82, 2.24) is 5.32 Å². The second-order valence-electron chi connectivity index (χ2n) is 3.58. The van der Waals surface area contributed by atoms with Crippen LogP contribution in [0.5, 0.6) is 0 Å². The highest BCUT2D eigenvalue weighted by molar-refractivity contribution is 7.95. The van der Waals surface area contributed by atoms with Crippen LogP contribution in [0, 0.1) is 5.82 Å². The second-order valence-corrected chi connectivity index (χ2v) is 5.32. The lowest BCUT2D eigenvalue weighted by molar-refractivity contribution is 0.573. The largest absolute Gasteiger partial charge is 0.313 e. The van der Waals surface area contributed by atoms with Gasteiger partial charge in [-0.25, -0.2) is 12.8 Å². The first-order chi connectivity index (χ1) is 7.56. The van der Waals surface area contributed by atoms with Crippen LogP contribution < -0.4 is 5.32 Å². The van der Waals surface area contributed by atoms with Gasteiger partial charge in [0.05, 0.1) is 0 Å². The van der Waals surface area contributed by atoms with Gasteiger partial charge in [0.2, 0.25) is 9.84 Å². The summed E-state index contributed by atoms with van der Waals surface area (Å²) in [5.74, 6) is -0.680. The molecule has 0 spiro atoms. The van der Waals surface area contributed by atoms with Crippen molar-refractivity contribution in [2.24, 2.45) is 0 Å². The zero-order chi connectivity index (χ0) is 11.8. The smallest absolute Gasteiger partial charge is 0.203 e. The van der Waals surface area contributed by atoms with Gasteiger partial charge in [-0.05, 0) is 18.2 Å². The van der Waals surface area contributed by atoms with Gasteiger partial charge >= 0.3 is 0 Å². The lowest BCUT2D eigenvalue weighted by Gasteiger charge is -2.04. The lowest BCUT2D eigenvalue weighted by atomic mass is 10.1. The Labute approximate surface area is 93.9 Å². The number of hydrogen-bond donors (Lipinski definition) is 1. The Morgan fingerprint density at radius 3 is 2.81 bits per heavy atom. The molecule has 5 heteroatoms. The molecule has 1 aromatic carbocycles. The van der Waals surface area contributed by atoms with Crippen molar-refractivity contribution in [3.63, 3.8) is 0 Å². The zero-order valence-electron chi connectivity index (χ0n) is 8.83. The molecule has 0 atom stereocenters. The number of likely N-dealkylation sites (N-methyl/N-ethyl adjacent to an activating group) is 1. The molecular weight excluding hydrogens is 229 g/mol. The molecule has 0 aliphatic carbocycles. The van der Waals surface area contributed by atoms with Crippen molar-refractivity contribution < 1.29 is 12.8 Å². The number of fused-ring (bicyclic) bond motifs is 1. The first kappa shape index (κ1) is 11.3. The molecule has 0 unspecified atom stereocenters. The minimum Gasteiger partial charge on any atom is -0.313 e. The van der Waals surface area contributed by atoms with Crippen LogP contribution in [0.15, 0.2) is 28.5 Å². The third kappa shape index (κ3) is 1.76. The lowest BCUT2D eigenvalue weighted by Crippen LogP contribution is -2.14. The van der Waals surface area contributed by atoms with Gasteiger partial charge in [0.1, 0.15) is 10.7 Å². The van der Waals surface area contributed by atoms with Gasteiger partial charge < -0.3 is 5.32 Å². The summed E-state index contributed by atoms with van der Waals surface area (Å²) < 4.78 is 36.9. The van der Waals surface area contributed by atoms with Crippen LogP contribution in [-0.4, -0.2) is 21.5 Å². The van der Waals surface area contributed by atoms with E-state index in [0.29, 0.717) is 17.7 Å². The summed E-state index contributed by atoms with van der Waals surface area (Å²) in [6.07, 6.45) is 0. The summed E-state index contributed by atoms with van der Waals surface area (Å²) in [5.41, 5.74) is 1.09. The molecule has 86 valence electrons. The van der Waals surface area contributed by atoms with Gasteiger partial charge in [0, 0.05) is 17.5 Å². The summed E-state index contributed by atoms with van der Waals surface area (Å²) >= 11 is 0. The molecule has 3 nitrogen and oxygen atoms in total. The van der Waals surface area contributed by atoms with Crippen molar-refractivity contribution >= 4 is 15.4 Å². The molecule has 0 radical (unpaired) electrons. The van der Waals surface area contributed by atoms with Gasteiger partial charge in [-0.2, -0.15) is 0 Å². The summed E-state index contributed by atoms with van der Waals surface area (Å²) in [5, 5.41) is 4.18. The van der Waals surface area contributed by atoms with Crippen molar-refractivity contribution in [3.8, 4) is 0 Å². The van der Waals surface area contributed by atoms with Crippen molar-refractivity contribution in [3.05, 3.63) is 35.0 Å². The molecule has 1 N–H and O–H groups in total. The topological polar surface area (TPSA) is 46.2 Å². The van der Waals surface area contributed by atoms with E-state index in [9.17, 15) is 12.8 Å². The summed E-state index contributed by atoms with van der Waals surface area (Å²) in [6, 6.07) is 4.32. The summed E-state index contributed by atoms with van der Waals surface area (Å²) in [4.78, 5) is -0.192. The maximum Gasteiger partial charge on any atom is 0.203 e. The SMILES string of the molecule is CCNCC1=CS(=O)(=O)c2c(F)cccc21. The number of halogens is 1. The Hall–Kier alpha value is -1.20. The monoisotopic (exact) mass is 241 g/mol. The van der Waals surface area contributed by atoms with Crippen molar-refractivity contribution in [2.45, 2.75) is 11.8 Å². The van der Waals surface area contributed by atoms with Crippen LogP contribution in [0.2, 0.25) is 0 Å². The molecule has 0 amide bonds. The molecule has 0 fully saturated rings. The molecule has 1 aliphatic rings. The van der Waals surface area contributed by atoms with Crippen molar-refractivity contribution in [2.75, 3.05) is 13.1 Å². The highest BCUT2D eigenvalue weighted by atomic mass is 32.2. The van der Waals surface area contributed by atoms with Crippen LogP contribution in [0.4, 0.5) is 4.39 Å². The van der Waals surface area contributed by atoms with Gasteiger partial charge in [0.25, 0.3) is 0 Å². The van der Waals surface area contributed by atoms with E-state index in [4.69, 9.17) is 0 Å². The van der Waals surface area contributed by atoms with Crippen LogP contribution in [0.1, 0.15) is 12.5 Å². The van der Waals surface area contributed by atoms with E-state index in [0.717, 1.165) is 12.0 Å². The predicted molar refractivity (Wildman–Crippen MR) is 60.1 cm³/mol. The first-order valence-corrected chi connectivity index (χ1v) is 6.56. The fourth-order valence-corrected chi connectivity index (χ4v) is 3.31. The van der Waals surface area contributed by atoms with Gasteiger partial charge in [-0.3, -0.25) is 0 Å². The fraction of sp³-hybridized carbons (Fsp3) is 0.273. The molecule has 0 saturated heterocycles. The number of hydrogen-bond acceptors (Lipinski definition) is 3. The molecule has 1 heterocycles. The molecule has 0 aromatic heterocycles. The second kappa shape index (κ2) is 3.99. The normalized spacial score (nSPS) is 17.0. The van der Waals surface area contributed by atoms with Crippen molar-refractivity contribution in [1.29, 1.82) is 0 Å². The third-order valence-electron chi connectivity index (χ3n) is 2.46. The molecular formula is C11H12FNO2S. The van der Waals surface area contributed by atoms with E-state index in [1.165, 1.54) is 12.1 Å². The summed E-state index contributed by atoms with van der Waals surface area (Å²) in [6.45, 7) is 3.10. The molecule has 16 heavy (non-hydrogen) atoms. The number of nitrogens with one attached hydrogen (secondary N) is 1. The van der Waals surface area contributed by atoms with E-state index in [1.54, 1.807) is 6.07 Å². The van der Waals surface area contributed by atoms with Crippen LogP contribution in [-0.2, 0) is 9.84 Å². The van der Waals surface area contributed by atoms with E-state index in [1.807, 2.05) is 6.92 Å². The molecule has 1 aromatic rings. The van der Waals surface area contributed by atoms with E-state index in [-0.39, 0.29) is 4.90 Å².